The van der Waals surface area contributed by atoms with Gasteiger partial charge in [-0.1, -0.05) is 43.5 Å². The van der Waals surface area contributed by atoms with Crippen LogP contribution in [-0.4, -0.2) is 41.1 Å². The predicted octanol–water partition coefficient (Wildman–Crippen LogP) is 3.66. The van der Waals surface area contributed by atoms with Gasteiger partial charge in [0.15, 0.2) is 9.84 Å². The summed E-state index contributed by atoms with van der Waals surface area (Å²) in [4.78, 5) is 2.19. The molecular weight excluding hydrogens is 408 g/mol. The van der Waals surface area contributed by atoms with Crippen molar-refractivity contribution in [3.63, 3.8) is 0 Å². The van der Waals surface area contributed by atoms with Gasteiger partial charge in [-0.25, -0.2) is 16.8 Å². The lowest BCUT2D eigenvalue weighted by molar-refractivity contribution is 0.185. The number of benzene rings is 2. The van der Waals surface area contributed by atoms with Gasteiger partial charge in [-0.15, -0.1) is 0 Å². The Morgan fingerprint density at radius 1 is 0.931 bits per heavy atom. The molecule has 0 unspecified atom stereocenters. The third kappa shape index (κ3) is 5.58. The second kappa shape index (κ2) is 8.85. The first-order valence-electron chi connectivity index (χ1n) is 9.78. The van der Waals surface area contributed by atoms with Crippen LogP contribution in [0.5, 0.6) is 0 Å². The van der Waals surface area contributed by atoms with E-state index in [-0.39, 0.29) is 9.79 Å². The number of hydrogen-bond donors (Lipinski definition) is 1. The minimum atomic E-state index is -3.91. The van der Waals surface area contributed by atoms with E-state index in [0.717, 1.165) is 11.8 Å². The molecule has 1 N–H and O–H groups in total. The van der Waals surface area contributed by atoms with Gasteiger partial charge >= 0.3 is 0 Å². The fourth-order valence-electron chi connectivity index (χ4n) is 3.75. The average molecular weight is 437 g/mol. The molecule has 0 aliphatic heterocycles. The van der Waals surface area contributed by atoms with E-state index in [1.807, 2.05) is 12.1 Å². The average Bonchev–Trinajstić information content (AvgIpc) is 2.69. The smallest absolute Gasteiger partial charge is 0.261 e. The second-order valence-electron chi connectivity index (χ2n) is 7.72. The van der Waals surface area contributed by atoms with E-state index in [9.17, 15) is 16.8 Å². The molecule has 2 aromatic carbocycles. The summed E-state index contributed by atoms with van der Waals surface area (Å²) in [6.45, 7) is 0.646. The Balaban J connectivity index is 1.83. The quantitative estimate of drug-likeness (QED) is 0.716. The minimum Gasteiger partial charge on any atom is -0.299 e. The van der Waals surface area contributed by atoms with E-state index in [0.29, 0.717) is 18.3 Å². The Bertz CT molecular complexity index is 1060. The minimum absolute atomic E-state index is 0.0225. The molecule has 0 bridgehead atoms. The van der Waals surface area contributed by atoms with Gasteiger partial charge in [-0.3, -0.25) is 9.62 Å². The van der Waals surface area contributed by atoms with Crippen molar-refractivity contribution in [2.75, 3.05) is 18.0 Å². The van der Waals surface area contributed by atoms with Crippen molar-refractivity contribution in [3.05, 3.63) is 54.1 Å². The van der Waals surface area contributed by atoms with Crippen molar-refractivity contribution in [2.24, 2.45) is 0 Å². The summed E-state index contributed by atoms with van der Waals surface area (Å²) >= 11 is 0. The molecule has 0 spiro atoms. The molecule has 8 heteroatoms. The molecule has 0 radical (unpaired) electrons. The molecule has 1 saturated carbocycles. The van der Waals surface area contributed by atoms with Crippen LogP contribution >= 0.6 is 0 Å². The van der Waals surface area contributed by atoms with Crippen molar-refractivity contribution < 1.29 is 16.8 Å². The van der Waals surface area contributed by atoms with E-state index in [1.54, 1.807) is 12.1 Å². The summed E-state index contributed by atoms with van der Waals surface area (Å²) in [6, 6.07) is 13.3. The number of hydrogen-bond acceptors (Lipinski definition) is 5. The van der Waals surface area contributed by atoms with Crippen molar-refractivity contribution in [3.8, 4) is 0 Å². The zero-order valence-electron chi connectivity index (χ0n) is 16.8. The van der Waals surface area contributed by atoms with Gasteiger partial charge in [-0.05, 0) is 49.7 Å². The van der Waals surface area contributed by atoms with Gasteiger partial charge in [0.2, 0.25) is 0 Å². The van der Waals surface area contributed by atoms with Crippen LogP contribution in [0.3, 0.4) is 0 Å². The monoisotopic (exact) mass is 436 g/mol. The number of sulfone groups is 1. The van der Waals surface area contributed by atoms with Gasteiger partial charge in [0, 0.05) is 18.8 Å². The largest absolute Gasteiger partial charge is 0.299 e. The lowest BCUT2D eigenvalue weighted by atomic mass is 9.94. The van der Waals surface area contributed by atoms with E-state index in [2.05, 4.69) is 16.7 Å². The fourth-order valence-corrected chi connectivity index (χ4v) is 5.64. The normalized spacial score (nSPS) is 16.1. The maximum Gasteiger partial charge on any atom is 0.261 e. The molecule has 0 atom stereocenters. The molecule has 1 aliphatic carbocycles. The standard InChI is InChI=1S/C21H28N2O4S2/c1-23(18-10-4-3-5-11-18)16-17-9-6-7-14-21(17)22-29(26,27)20-13-8-12-19(15-20)28(2,24)25/h6-9,12-15,18,22H,3-5,10-11,16H2,1-2H3. The number of nitrogens with zero attached hydrogens (tertiary/aromatic N) is 1. The summed E-state index contributed by atoms with van der Waals surface area (Å²) < 4.78 is 52.0. The highest BCUT2D eigenvalue weighted by Crippen LogP contribution is 2.26. The van der Waals surface area contributed by atoms with Crippen LogP contribution in [0.2, 0.25) is 0 Å². The maximum absolute atomic E-state index is 12.9. The van der Waals surface area contributed by atoms with Gasteiger partial charge in [-0.2, -0.15) is 0 Å². The Morgan fingerprint density at radius 3 is 2.28 bits per heavy atom. The van der Waals surface area contributed by atoms with E-state index in [1.165, 1.54) is 56.4 Å². The number of anilines is 1. The third-order valence-electron chi connectivity index (χ3n) is 5.42. The van der Waals surface area contributed by atoms with Crippen LogP contribution in [0.25, 0.3) is 0 Å². The highest BCUT2D eigenvalue weighted by atomic mass is 32.2. The molecule has 3 rings (SSSR count). The Kier molecular flexibility index (Phi) is 6.65. The van der Waals surface area contributed by atoms with Crippen LogP contribution < -0.4 is 4.72 Å². The predicted molar refractivity (Wildman–Crippen MR) is 115 cm³/mol. The molecule has 29 heavy (non-hydrogen) atoms. The molecule has 2 aromatic rings. The van der Waals surface area contributed by atoms with Crippen molar-refractivity contribution in [2.45, 2.75) is 54.5 Å². The van der Waals surface area contributed by atoms with E-state index in [4.69, 9.17) is 0 Å². The summed E-state index contributed by atoms with van der Waals surface area (Å²) in [7, 11) is -5.33. The molecule has 158 valence electrons. The SMILES string of the molecule is CN(Cc1ccccc1NS(=O)(=O)c1cccc(S(C)(=O)=O)c1)C1CCCCC1. The zero-order chi connectivity index (χ0) is 21.1. The maximum atomic E-state index is 12.9. The first-order chi connectivity index (χ1) is 13.7. The van der Waals surface area contributed by atoms with Crippen LogP contribution in [-0.2, 0) is 26.4 Å². The van der Waals surface area contributed by atoms with Gasteiger partial charge < -0.3 is 0 Å². The molecule has 0 aromatic heterocycles. The Morgan fingerprint density at radius 2 is 1.59 bits per heavy atom. The highest BCUT2D eigenvalue weighted by molar-refractivity contribution is 7.93. The molecule has 6 nitrogen and oxygen atoms in total. The van der Waals surface area contributed by atoms with Crippen molar-refractivity contribution in [1.29, 1.82) is 0 Å². The molecule has 1 aliphatic rings. The van der Waals surface area contributed by atoms with Crippen LogP contribution in [0.4, 0.5) is 5.69 Å². The topological polar surface area (TPSA) is 83.6 Å². The van der Waals surface area contributed by atoms with Crippen LogP contribution in [0, 0.1) is 0 Å². The second-order valence-corrected chi connectivity index (χ2v) is 11.4. The number of nitrogens with one attached hydrogen (secondary N) is 1. The molecule has 1 fully saturated rings. The van der Waals surface area contributed by atoms with Gasteiger partial charge in [0.1, 0.15) is 0 Å². The summed E-state index contributed by atoms with van der Waals surface area (Å²) in [5.74, 6) is 0. The Hall–Kier alpha value is -1.90. The lowest BCUT2D eigenvalue weighted by Crippen LogP contribution is -2.33. The van der Waals surface area contributed by atoms with E-state index >= 15 is 0 Å². The van der Waals surface area contributed by atoms with Crippen molar-refractivity contribution >= 4 is 25.5 Å². The first-order valence-corrected chi connectivity index (χ1v) is 13.2. The van der Waals surface area contributed by atoms with Gasteiger partial charge in [0.05, 0.1) is 15.5 Å². The number of sulfonamides is 1. The zero-order valence-corrected chi connectivity index (χ0v) is 18.5. The number of rotatable bonds is 7. The summed E-state index contributed by atoms with van der Waals surface area (Å²) in [5, 5.41) is 0. The van der Waals surface area contributed by atoms with Crippen LogP contribution in [0.1, 0.15) is 37.7 Å². The molecule has 0 saturated heterocycles. The third-order valence-corrected chi connectivity index (χ3v) is 7.90. The highest BCUT2D eigenvalue weighted by Gasteiger charge is 2.21. The molecule has 0 amide bonds. The van der Waals surface area contributed by atoms with Crippen LogP contribution in [0.15, 0.2) is 58.3 Å². The first kappa shape index (κ1) is 21.8. The summed E-state index contributed by atoms with van der Waals surface area (Å²) in [5.41, 5.74) is 1.41. The summed E-state index contributed by atoms with van der Waals surface area (Å²) in [6.07, 6.45) is 7.15. The Labute approximate surface area is 173 Å². The molecule has 0 heterocycles. The van der Waals surface area contributed by atoms with Crippen molar-refractivity contribution in [1.82, 2.24) is 4.90 Å². The van der Waals surface area contributed by atoms with Gasteiger partial charge in [0.25, 0.3) is 10.0 Å². The number of para-hydroxylation sites is 1. The molecular formula is C21H28N2O4S2. The van der Waals surface area contributed by atoms with E-state index < -0.39 is 19.9 Å². The fraction of sp³-hybridized carbons (Fsp3) is 0.429. The lowest BCUT2D eigenvalue weighted by Gasteiger charge is -2.31.